The molecule has 1 amide bonds. The van der Waals surface area contributed by atoms with Gasteiger partial charge in [-0.15, -0.1) is 13.2 Å². The third-order valence-electron chi connectivity index (χ3n) is 7.48. The van der Waals surface area contributed by atoms with Crippen molar-refractivity contribution in [1.82, 2.24) is 10.2 Å². The van der Waals surface area contributed by atoms with Crippen LogP contribution in [0.1, 0.15) is 43.9 Å². The lowest BCUT2D eigenvalue weighted by Crippen LogP contribution is -2.53. The monoisotopic (exact) mass is 508 g/mol. The number of rotatable bonds is 4. The van der Waals surface area contributed by atoms with E-state index in [4.69, 9.17) is 16.3 Å². The van der Waals surface area contributed by atoms with Crippen LogP contribution in [-0.2, 0) is 11.2 Å². The van der Waals surface area contributed by atoms with E-state index < -0.39 is 12.5 Å². The molecule has 2 aromatic carbocycles. The van der Waals surface area contributed by atoms with Gasteiger partial charge in [0, 0.05) is 17.1 Å². The predicted octanol–water partition coefficient (Wildman–Crippen LogP) is 6.35. The van der Waals surface area contributed by atoms with E-state index in [2.05, 4.69) is 28.8 Å². The summed E-state index contributed by atoms with van der Waals surface area (Å²) in [5.41, 5.74) is 2.86. The van der Waals surface area contributed by atoms with Crippen LogP contribution in [0.2, 0.25) is 5.02 Å². The second-order valence-electron chi connectivity index (χ2n) is 10.4. The van der Waals surface area contributed by atoms with Crippen molar-refractivity contribution in [3.8, 4) is 16.9 Å². The number of carbonyl (C=O) groups excluding carboxylic acids is 1. The Hall–Kier alpha value is -2.45. The molecular weight excluding hydrogens is 481 g/mol. The molecule has 1 aliphatic carbocycles. The van der Waals surface area contributed by atoms with Crippen LogP contribution in [0.4, 0.5) is 18.0 Å². The quantitative estimate of drug-likeness (QED) is 0.523. The normalized spacial score (nSPS) is 26.8. The first-order valence-electron chi connectivity index (χ1n) is 11.9. The summed E-state index contributed by atoms with van der Waals surface area (Å²) in [6, 6.07) is 9.28. The number of amides is 1. The van der Waals surface area contributed by atoms with Crippen molar-refractivity contribution < 1.29 is 27.4 Å². The van der Waals surface area contributed by atoms with Crippen LogP contribution in [0, 0.1) is 11.3 Å². The molecule has 3 fully saturated rings. The Balaban J connectivity index is 1.34. The first-order valence-corrected chi connectivity index (χ1v) is 12.2. The first kappa shape index (κ1) is 24.3. The van der Waals surface area contributed by atoms with Gasteiger partial charge >= 0.3 is 12.5 Å². The van der Waals surface area contributed by atoms with Gasteiger partial charge in [0.05, 0.1) is 6.04 Å². The number of alkyl carbamates (subject to hydrolysis) is 1. The molecule has 0 spiro atoms. The van der Waals surface area contributed by atoms with Crippen LogP contribution in [0.15, 0.2) is 36.4 Å². The zero-order valence-electron chi connectivity index (χ0n) is 19.6. The molecule has 0 saturated carbocycles. The molecule has 0 aromatic heterocycles. The van der Waals surface area contributed by atoms with Crippen LogP contribution in [0.5, 0.6) is 5.75 Å². The molecule has 2 bridgehead atoms. The minimum atomic E-state index is -4.78. The Morgan fingerprint density at radius 1 is 1.14 bits per heavy atom. The number of ether oxygens (including phenoxy) is 2. The average molecular weight is 509 g/mol. The topological polar surface area (TPSA) is 50.8 Å². The van der Waals surface area contributed by atoms with Gasteiger partial charge in [0.25, 0.3) is 0 Å². The van der Waals surface area contributed by atoms with Crippen LogP contribution >= 0.6 is 11.6 Å². The zero-order chi connectivity index (χ0) is 25.0. The number of hydrogen-bond donors (Lipinski definition) is 1. The molecule has 1 unspecified atom stereocenters. The maximum Gasteiger partial charge on any atom is 0.573 e. The Morgan fingerprint density at radius 2 is 1.89 bits per heavy atom. The van der Waals surface area contributed by atoms with E-state index in [1.54, 1.807) is 0 Å². The summed E-state index contributed by atoms with van der Waals surface area (Å²) in [6.45, 7) is 7.11. The molecule has 9 heteroatoms. The van der Waals surface area contributed by atoms with E-state index in [9.17, 15) is 18.0 Å². The Morgan fingerprint density at radius 3 is 2.54 bits per heavy atom. The van der Waals surface area contributed by atoms with Gasteiger partial charge in [0.1, 0.15) is 11.9 Å². The van der Waals surface area contributed by atoms with Crippen LogP contribution in [-0.4, -0.2) is 43.1 Å². The number of fused-ring (bicyclic) bond motifs is 4. The van der Waals surface area contributed by atoms with Crippen molar-refractivity contribution in [1.29, 1.82) is 0 Å². The number of benzene rings is 2. The maximum absolute atomic E-state index is 12.9. The largest absolute Gasteiger partial charge is 0.573 e. The fourth-order valence-corrected chi connectivity index (χ4v) is 5.98. The Labute approximate surface area is 207 Å². The van der Waals surface area contributed by atoms with Crippen molar-refractivity contribution in [2.24, 2.45) is 11.3 Å². The van der Waals surface area contributed by atoms with Crippen molar-refractivity contribution in [3.63, 3.8) is 0 Å². The van der Waals surface area contributed by atoms with E-state index in [1.807, 2.05) is 18.2 Å². The smallest absolute Gasteiger partial charge is 0.445 e. The van der Waals surface area contributed by atoms with Gasteiger partial charge in [-0.1, -0.05) is 43.6 Å². The van der Waals surface area contributed by atoms with Crippen LogP contribution < -0.4 is 10.1 Å². The molecule has 35 heavy (non-hydrogen) atoms. The van der Waals surface area contributed by atoms with Crippen LogP contribution in [0.3, 0.4) is 0 Å². The summed E-state index contributed by atoms with van der Waals surface area (Å²) in [5.74, 6) is 0.103. The van der Waals surface area contributed by atoms with E-state index in [0.717, 1.165) is 43.6 Å². The van der Waals surface area contributed by atoms with Crippen molar-refractivity contribution >= 4 is 17.7 Å². The number of carbonyl (C=O) groups is 1. The summed E-state index contributed by atoms with van der Waals surface area (Å²) in [6.07, 6.45) is -2.44. The SMILES string of the molecule is CC1(C)Cc2cc(-c3cc(OC(F)(F)F)ccc3Cl)ccc2C1NC(=O)O[C@H]1CN2CCC1CC2. The summed E-state index contributed by atoms with van der Waals surface area (Å²) < 4.78 is 47.9. The maximum atomic E-state index is 12.9. The fraction of sp³-hybridized carbons (Fsp3) is 0.500. The van der Waals surface area contributed by atoms with Gasteiger partial charge in [0.2, 0.25) is 0 Å². The minimum absolute atomic E-state index is 0.0720. The highest BCUT2D eigenvalue weighted by molar-refractivity contribution is 6.33. The van der Waals surface area contributed by atoms with Crippen molar-refractivity contribution in [3.05, 3.63) is 52.5 Å². The second-order valence-corrected chi connectivity index (χ2v) is 10.8. The molecule has 3 heterocycles. The molecule has 5 nitrogen and oxygen atoms in total. The number of piperidine rings is 3. The highest BCUT2D eigenvalue weighted by atomic mass is 35.5. The molecule has 3 saturated heterocycles. The molecule has 3 aliphatic heterocycles. The second kappa shape index (κ2) is 8.89. The van der Waals surface area contributed by atoms with Gasteiger partial charge in [-0.3, -0.25) is 4.90 Å². The molecule has 2 atom stereocenters. The minimum Gasteiger partial charge on any atom is -0.445 e. The average Bonchev–Trinajstić information content (AvgIpc) is 3.03. The number of nitrogens with zero attached hydrogens (tertiary/aromatic N) is 1. The molecule has 1 N–H and O–H groups in total. The van der Waals surface area contributed by atoms with E-state index in [0.29, 0.717) is 28.5 Å². The lowest BCUT2D eigenvalue weighted by atomic mass is 9.85. The fourth-order valence-electron chi connectivity index (χ4n) is 5.75. The lowest BCUT2D eigenvalue weighted by molar-refractivity contribution is -0.274. The predicted molar refractivity (Wildman–Crippen MR) is 126 cm³/mol. The van der Waals surface area contributed by atoms with Gasteiger partial charge in [0.15, 0.2) is 0 Å². The molecule has 0 radical (unpaired) electrons. The molecule has 4 aliphatic rings. The number of halogens is 4. The number of nitrogens with one attached hydrogen (secondary N) is 1. The standard InChI is InChI=1S/C26H28ClF3N2O3/c1-25(2)13-17-11-16(20-12-18(4-6-21(20)27)35-26(28,29)30)3-5-19(17)23(25)31-24(33)34-22-14-32-9-7-15(22)8-10-32/h3-6,11-12,15,22-23H,7-10,13-14H2,1-2H3,(H,31,33)/t22-,23?/m0/s1. The highest BCUT2D eigenvalue weighted by Crippen LogP contribution is 2.47. The third kappa shape index (κ3) is 5.09. The molecule has 6 rings (SSSR count). The van der Waals surface area contributed by atoms with Crippen molar-refractivity contribution in [2.45, 2.75) is 51.6 Å². The molecular formula is C26H28ClF3N2O3. The van der Waals surface area contributed by atoms with E-state index >= 15 is 0 Å². The summed E-state index contributed by atoms with van der Waals surface area (Å²) >= 11 is 6.31. The first-order chi connectivity index (χ1) is 16.5. The summed E-state index contributed by atoms with van der Waals surface area (Å²) in [4.78, 5) is 15.2. The van der Waals surface area contributed by atoms with Gasteiger partial charge < -0.3 is 14.8 Å². The van der Waals surface area contributed by atoms with Gasteiger partial charge in [-0.05, 0) is 78.6 Å². The van der Waals surface area contributed by atoms with Gasteiger partial charge in [-0.25, -0.2) is 4.79 Å². The Kier molecular flexibility index (Phi) is 6.16. The van der Waals surface area contributed by atoms with Crippen LogP contribution in [0.25, 0.3) is 11.1 Å². The molecule has 188 valence electrons. The zero-order valence-corrected chi connectivity index (χ0v) is 20.4. The summed E-state index contributed by atoms with van der Waals surface area (Å²) in [5, 5.41) is 3.41. The summed E-state index contributed by atoms with van der Waals surface area (Å²) in [7, 11) is 0. The molecule has 2 aromatic rings. The number of alkyl halides is 3. The Bertz CT molecular complexity index is 1130. The van der Waals surface area contributed by atoms with E-state index in [-0.39, 0.29) is 23.3 Å². The lowest BCUT2D eigenvalue weighted by Gasteiger charge is -2.44. The van der Waals surface area contributed by atoms with Crippen molar-refractivity contribution in [2.75, 3.05) is 19.6 Å². The van der Waals surface area contributed by atoms with Gasteiger partial charge in [-0.2, -0.15) is 0 Å². The number of hydrogen-bond acceptors (Lipinski definition) is 4. The third-order valence-corrected chi connectivity index (χ3v) is 7.81. The van der Waals surface area contributed by atoms with E-state index in [1.165, 1.54) is 18.2 Å². The highest BCUT2D eigenvalue weighted by Gasteiger charge is 2.42.